The zero-order chi connectivity index (χ0) is 21.3. The first-order valence-electron chi connectivity index (χ1n) is 10.1. The highest BCUT2D eigenvalue weighted by Crippen LogP contribution is 2.25. The molecule has 0 radical (unpaired) electrons. The van der Waals surface area contributed by atoms with Crippen molar-refractivity contribution < 1.29 is 18.0 Å². The van der Waals surface area contributed by atoms with Crippen molar-refractivity contribution in [2.75, 3.05) is 47.7 Å². The van der Waals surface area contributed by atoms with Gasteiger partial charge < -0.3 is 9.80 Å². The molecule has 2 aromatic carbocycles. The Labute approximate surface area is 176 Å². The first-order chi connectivity index (χ1) is 14.3. The molecular formula is C22H25N3O4S. The Kier molecular flexibility index (Phi) is 5.51. The van der Waals surface area contributed by atoms with Gasteiger partial charge in [0.25, 0.3) is 5.91 Å². The third kappa shape index (κ3) is 4.05. The summed E-state index contributed by atoms with van der Waals surface area (Å²) in [6.45, 7) is 4.57. The smallest absolute Gasteiger partial charge is 0.254 e. The van der Waals surface area contributed by atoms with Gasteiger partial charge in [-0.05, 0) is 55.8 Å². The van der Waals surface area contributed by atoms with E-state index in [-0.39, 0.29) is 17.4 Å². The van der Waals surface area contributed by atoms with Crippen LogP contribution in [0.15, 0.2) is 48.5 Å². The van der Waals surface area contributed by atoms with E-state index in [4.69, 9.17) is 0 Å². The molecule has 30 heavy (non-hydrogen) atoms. The largest absolute Gasteiger partial charge is 0.368 e. The van der Waals surface area contributed by atoms with Crippen LogP contribution in [0.1, 0.15) is 34.1 Å². The van der Waals surface area contributed by atoms with Gasteiger partial charge in [-0.25, -0.2) is 8.42 Å². The van der Waals surface area contributed by atoms with Gasteiger partial charge in [-0.1, -0.05) is 6.07 Å². The minimum absolute atomic E-state index is 0.0425. The summed E-state index contributed by atoms with van der Waals surface area (Å²) in [5, 5.41) is 0. The Morgan fingerprint density at radius 1 is 0.833 bits per heavy atom. The van der Waals surface area contributed by atoms with Gasteiger partial charge in [-0.3, -0.25) is 13.9 Å². The summed E-state index contributed by atoms with van der Waals surface area (Å²) >= 11 is 0. The predicted octanol–water partition coefficient (Wildman–Crippen LogP) is 2.39. The first kappa shape index (κ1) is 20.4. The second kappa shape index (κ2) is 8.10. The molecular weight excluding hydrogens is 402 g/mol. The molecule has 158 valence electrons. The highest BCUT2D eigenvalue weighted by Gasteiger charge is 2.29. The number of carbonyl (C=O) groups is 2. The zero-order valence-corrected chi connectivity index (χ0v) is 17.8. The Morgan fingerprint density at radius 3 is 2.13 bits per heavy atom. The van der Waals surface area contributed by atoms with E-state index in [1.807, 2.05) is 24.3 Å². The number of nitrogens with zero attached hydrogens (tertiary/aromatic N) is 3. The van der Waals surface area contributed by atoms with Crippen molar-refractivity contribution in [1.29, 1.82) is 0 Å². The molecule has 0 unspecified atom stereocenters. The molecule has 0 atom stereocenters. The van der Waals surface area contributed by atoms with Crippen molar-refractivity contribution in [3.63, 3.8) is 0 Å². The fourth-order valence-corrected chi connectivity index (χ4v) is 5.54. The number of Topliss-reactive ketones (excluding diaryl/α,β-unsaturated/α-hetero) is 1. The van der Waals surface area contributed by atoms with Gasteiger partial charge in [0.15, 0.2) is 5.78 Å². The van der Waals surface area contributed by atoms with Crippen LogP contribution in [-0.2, 0) is 10.0 Å². The van der Waals surface area contributed by atoms with Crippen molar-refractivity contribution in [2.45, 2.75) is 13.3 Å². The molecule has 2 aromatic rings. The monoisotopic (exact) mass is 427 g/mol. The summed E-state index contributed by atoms with van der Waals surface area (Å²) in [7, 11) is -3.27. The van der Waals surface area contributed by atoms with Gasteiger partial charge in [0.2, 0.25) is 10.0 Å². The number of piperazine rings is 1. The van der Waals surface area contributed by atoms with E-state index in [1.54, 1.807) is 36.1 Å². The lowest BCUT2D eigenvalue weighted by Gasteiger charge is -2.36. The molecule has 0 aromatic heterocycles. The number of hydrogen-bond acceptors (Lipinski definition) is 5. The van der Waals surface area contributed by atoms with E-state index in [2.05, 4.69) is 4.90 Å². The molecule has 7 nitrogen and oxygen atoms in total. The van der Waals surface area contributed by atoms with E-state index >= 15 is 0 Å². The maximum absolute atomic E-state index is 13.0. The van der Waals surface area contributed by atoms with Gasteiger partial charge in [0, 0.05) is 49.5 Å². The fraction of sp³-hybridized carbons (Fsp3) is 0.364. The summed E-state index contributed by atoms with van der Waals surface area (Å²) in [5.74, 6) is 0.113. The maximum atomic E-state index is 13.0. The number of carbonyl (C=O) groups excluding carboxylic acids is 2. The van der Waals surface area contributed by atoms with Crippen molar-refractivity contribution in [1.82, 2.24) is 4.90 Å². The summed E-state index contributed by atoms with van der Waals surface area (Å²) in [6.07, 6.45) is 0.607. The minimum atomic E-state index is -3.27. The van der Waals surface area contributed by atoms with Crippen molar-refractivity contribution in [2.24, 2.45) is 0 Å². The van der Waals surface area contributed by atoms with Crippen LogP contribution in [0, 0.1) is 0 Å². The minimum Gasteiger partial charge on any atom is -0.368 e. The third-order valence-electron chi connectivity index (χ3n) is 5.69. The highest BCUT2D eigenvalue weighted by atomic mass is 32.2. The summed E-state index contributed by atoms with van der Waals surface area (Å²) in [5.41, 5.74) is 2.79. The quantitative estimate of drug-likeness (QED) is 0.700. The van der Waals surface area contributed by atoms with Crippen LogP contribution in [0.4, 0.5) is 11.4 Å². The number of amides is 1. The number of anilines is 2. The van der Waals surface area contributed by atoms with E-state index in [9.17, 15) is 18.0 Å². The SMILES string of the molecule is CC(=O)c1ccc(N2CCN(C(=O)c3cccc(N4CCCS4(=O)=O)c3)CC2)cc1. The lowest BCUT2D eigenvalue weighted by Crippen LogP contribution is -2.48. The number of hydrogen-bond donors (Lipinski definition) is 0. The van der Waals surface area contributed by atoms with Gasteiger partial charge in [0.05, 0.1) is 11.4 Å². The molecule has 2 heterocycles. The molecule has 2 aliphatic rings. The van der Waals surface area contributed by atoms with Crippen molar-refractivity contribution >= 4 is 33.1 Å². The summed E-state index contributed by atoms with van der Waals surface area (Å²) in [4.78, 5) is 28.4. The third-order valence-corrected chi connectivity index (χ3v) is 7.56. The maximum Gasteiger partial charge on any atom is 0.254 e. The van der Waals surface area contributed by atoms with Crippen LogP contribution < -0.4 is 9.21 Å². The molecule has 0 saturated carbocycles. The summed E-state index contributed by atoms with van der Waals surface area (Å²) < 4.78 is 25.8. The van der Waals surface area contributed by atoms with Crippen LogP contribution in [0.5, 0.6) is 0 Å². The molecule has 0 bridgehead atoms. The molecule has 4 rings (SSSR count). The van der Waals surface area contributed by atoms with Crippen LogP contribution >= 0.6 is 0 Å². The van der Waals surface area contributed by atoms with Crippen molar-refractivity contribution in [3.05, 3.63) is 59.7 Å². The zero-order valence-electron chi connectivity index (χ0n) is 17.0. The number of sulfonamides is 1. The second-order valence-electron chi connectivity index (χ2n) is 7.67. The topological polar surface area (TPSA) is 78.0 Å². The van der Waals surface area contributed by atoms with Crippen LogP contribution in [0.3, 0.4) is 0 Å². The molecule has 1 amide bonds. The average Bonchev–Trinajstić information content (AvgIpc) is 3.12. The summed E-state index contributed by atoms with van der Waals surface area (Å²) in [6, 6.07) is 14.4. The van der Waals surface area contributed by atoms with Crippen LogP contribution in [0.2, 0.25) is 0 Å². The van der Waals surface area contributed by atoms with E-state index in [0.29, 0.717) is 56.0 Å². The molecule has 2 fully saturated rings. The molecule has 0 aliphatic carbocycles. The van der Waals surface area contributed by atoms with Crippen molar-refractivity contribution in [3.8, 4) is 0 Å². The normalized spacial score (nSPS) is 18.5. The lowest BCUT2D eigenvalue weighted by molar-refractivity contribution is 0.0746. The lowest BCUT2D eigenvalue weighted by atomic mass is 10.1. The standard InChI is InChI=1S/C22H25N3O4S/c1-17(26)18-6-8-20(9-7-18)23-11-13-24(14-12-23)22(27)19-4-2-5-21(16-19)25-10-3-15-30(25,28)29/h2,4-9,16H,3,10-15H2,1H3. The molecule has 8 heteroatoms. The van der Waals surface area contributed by atoms with Gasteiger partial charge in [0.1, 0.15) is 0 Å². The molecule has 0 spiro atoms. The Morgan fingerprint density at radius 2 is 1.53 bits per heavy atom. The van der Waals surface area contributed by atoms with Gasteiger partial charge in [-0.15, -0.1) is 0 Å². The van der Waals surface area contributed by atoms with Gasteiger partial charge in [-0.2, -0.15) is 0 Å². The molecule has 2 saturated heterocycles. The Balaban J connectivity index is 1.42. The Bertz CT molecular complexity index is 1060. The second-order valence-corrected chi connectivity index (χ2v) is 9.69. The molecule has 0 N–H and O–H groups in total. The van der Waals surface area contributed by atoms with Gasteiger partial charge >= 0.3 is 0 Å². The van der Waals surface area contributed by atoms with E-state index in [0.717, 1.165) is 5.69 Å². The van der Waals surface area contributed by atoms with E-state index < -0.39 is 10.0 Å². The van der Waals surface area contributed by atoms with Crippen LogP contribution in [-0.4, -0.2) is 63.5 Å². The number of benzene rings is 2. The molecule has 2 aliphatic heterocycles. The van der Waals surface area contributed by atoms with E-state index in [1.165, 1.54) is 4.31 Å². The first-order valence-corrected chi connectivity index (χ1v) is 11.7. The average molecular weight is 428 g/mol. The number of ketones is 1. The Hall–Kier alpha value is -2.87. The highest BCUT2D eigenvalue weighted by molar-refractivity contribution is 7.93. The van der Waals surface area contributed by atoms with Crippen LogP contribution in [0.25, 0.3) is 0 Å². The predicted molar refractivity (Wildman–Crippen MR) is 117 cm³/mol. The number of rotatable bonds is 4. The fourth-order valence-electron chi connectivity index (χ4n) is 3.98.